The minimum absolute atomic E-state index is 0.124. The van der Waals surface area contributed by atoms with Crippen LogP contribution in [0, 0.1) is 5.82 Å². The molecular formula is C33H23BrClFN4O5. The maximum absolute atomic E-state index is 13.7. The molecular weight excluding hydrogens is 667 g/mol. The average Bonchev–Trinajstić information content (AvgIpc) is 3.48. The summed E-state index contributed by atoms with van der Waals surface area (Å²) in [5, 5.41) is 8.49. The second kappa shape index (κ2) is 12.9. The summed E-state index contributed by atoms with van der Waals surface area (Å²) in [6, 6.07) is 23.2. The van der Waals surface area contributed by atoms with E-state index in [1.165, 1.54) is 35.2 Å². The summed E-state index contributed by atoms with van der Waals surface area (Å²) in [5.41, 5.74) is 1.61. The number of nitrogens with one attached hydrogen (secondary N) is 1. The fraction of sp³-hybridized carbons (Fsp3) is 0.0909. The first-order valence-corrected chi connectivity index (χ1v) is 14.9. The number of halogens is 3. The summed E-state index contributed by atoms with van der Waals surface area (Å²) in [6.07, 6.45) is 1.44. The molecule has 0 atom stereocenters. The number of hydrogen-bond acceptors (Lipinski definition) is 7. The largest absolute Gasteiger partial charge is 0.490 e. The van der Waals surface area contributed by atoms with Crippen molar-refractivity contribution in [2.24, 2.45) is 5.10 Å². The molecule has 45 heavy (non-hydrogen) atoms. The van der Waals surface area contributed by atoms with E-state index in [0.717, 1.165) is 5.39 Å². The lowest BCUT2D eigenvalue weighted by molar-refractivity contribution is -0.118. The molecule has 1 amide bonds. The van der Waals surface area contributed by atoms with Crippen LogP contribution in [0.3, 0.4) is 0 Å². The average molecular weight is 690 g/mol. The molecule has 0 unspecified atom stereocenters. The molecule has 2 heterocycles. The van der Waals surface area contributed by atoms with Crippen molar-refractivity contribution in [3.05, 3.63) is 116 Å². The van der Waals surface area contributed by atoms with Gasteiger partial charge < -0.3 is 19.2 Å². The number of anilines is 1. The van der Waals surface area contributed by atoms with Crippen molar-refractivity contribution in [2.75, 3.05) is 18.5 Å². The maximum atomic E-state index is 13.7. The van der Waals surface area contributed by atoms with Gasteiger partial charge >= 0.3 is 0 Å². The molecule has 0 spiro atoms. The SMILES string of the molecule is CCOc1cc(C=Nn2c(-c3cc4ccccc4o3)nc3ccccc3c2=O)c(Br)c(Cl)c1OCC(=O)Nc1ccc(F)cc1. The predicted molar refractivity (Wildman–Crippen MR) is 175 cm³/mol. The monoisotopic (exact) mass is 688 g/mol. The van der Waals surface area contributed by atoms with E-state index in [-0.39, 0.29) is 29.0 Å². The Bertz CT molecular complexity index is 2110. The highest BCUT2D eigenvalue weighted by Crippen LogP contribution is 2.42. The van der Waals surface area contributed by atoms with Crippen LogP contribution in [0.15, 0.2) is 104 Å². The lowest BCUT2D eigenvalue weighted by atomic mass is 10.2. The summed E-state index contributed by atoms with van der Waals surface area (Å²) in [6.45, 7) is 1.67. The molecule has 0 aliphatic heterocycles. The van der Waals surface area contributed by atoms with Crippen molar-refractivity contribution in [3.8, 4) is 23.1 Å². The van der Waals surface area contributed by atoms with Gasteiger partial charge in [-0.3, -0.25) is 9.59 Å². The number of carbonyl (C=O) groups excluding carboxylic acids is 1. The smallest absolute Gasteiger partial charge is 0.282 e. The van der Waals surface area contributed by atoms with E-state index < -0.39 is 23.9 Å². The third-order valence-electron chi connectivity index (χ3n) is 6.64. The van der Waals surface area contributed by atoms with Crippen molar-refractivity contribution in [3.63, 3.8) is 0 Å². The number of para-hydroxylation sites is 2. The fourth-order valence-corrected chi connectivity index (χ4v) is 5.22. The van der Waals surface area contributed by atoms with Crippen molar-refractivity contribution < 1.29 is 23.1 Å². The quantitative estimate of drug-likeness (QED) is 0.156. The number of amides is 1. The maximum Gasteiger partial charge on any atom is 0.282 e. The van der Waals surface area contributed by atoms with E-state index >= 15 is 0 Å². The number of aromatic nitrogens is 2. The number of nitrogens with zero attached hydrogens (tertiary/aromatic N) is 3. The van der Waals surface area contributed by atoms with Gasteiger partial charge in [-0.25, -0.2) is 9.37 Å². The summed E-state index contributed by atoms with van der Waals surface area (Å²) < 4.78 is 32.3. The van der Waals surface area contributed by atoms with Crippen LogP contribution in [-0.2, 0) is 4.79 Å². The summed E-state index contributed by atoms with van der Waals surface area (Å²) in [4.78, 5) is 30.9. The molecule has 0 aliphatic rings. The second-order valence-corrected chi connectivity index (χ2v) is 10.8. The molecule has 9 nitrogen and oxygen atoms in total. The number of benzene rings is 4. The highest BCUT2D eigenvalue weighted by molar-refractivity contribution is 9.10. The van der Waals surface area contributed by atoms with Crippen molar-refractivity contribution in [2.45, 2.75) is 6.92 Å². The highest BCUT2D eigenvalue weighted by atomic mass is 79.9. The van der Waals surface area contributed by atoms with Crippen LogP contribution in [-0.4, -0.2) is 35.0 Å². The van der Waals surface area contributed by atoms with E-state index in [1.807, 2.05) is 24.3 Å². The molecule has 4 aromatic carbocycles. The van der Waals surface area contributed by atoms with Crippen LogP contribution in [0.25, 0.3) is 33.5 Å². The Morgan fingerprint density at radius 3 is 2.62 bits per heavy atom. The Hall–Kier alpha value is -5.00. The summed E-state index contributed by atoms with van der Waals surface area (Å²) in [5.74, 6) is 0.0607. The first-order valence-electron chi connectivity index (χ1n) is 13.7. The molecule has 0 saturated carbocycles. The molecule has 0 fully saturated rings. The van der Waals surface area contributed by atoms with Gasteiger partial charge in [-0.15, -0.1) is 0 Å². The number of hydrogen-bond donors (Lipinski definition) is 1. The van der Waals surface area contributed by atoms with Gasteiger partial charge in [0.25, 0.3) is 11.5 Å². The number of ether oxygens (including phenoxy) is 2. The first kappa shape index (κ1) is 30.0. The first-order chi connectivity index (χ1) is 21.8. The number of rotatable bonds is 9. The van der Waals surface area contributed by atoms with Crippen LogP contribution in [0.2, 0.25) is 5.02 Å². The van der Waals surface area contributed by atoms with Gasteiger partial charge in [0.1, 0.15) is 16.4 Å². The van der Waals surface area contributed by atoms with E-state index in [9.17, 15) is 14.0 Å². The normalized spacial score (nSPS) is 11.4. The molecule has 12 heteroatoms. The Labute approximate surface area is 269 Å². The van der Waals surface area contributed by atoms with Gasteiger partial charge in [-0.1, -0.05) is 41.9 Å². The zero-order valence-corrected chi connectivity index (χ0v) is 25.9. The van der Waals surface area contributed by atoms with Crippen molar-refractivity contribution in [1.29, 1.82) is 0 Å². The minimum atomic E-state index is -0.483. The van der Waals surface area contributed by atoms with E-state index in [2.05, 4.69) is 26.3 Å². The third-order valence-corrected chi connectivity index (χ3v) is 8.09. The lowest BCUT2D eigenvalue weighted by Gasteiger charge is -2.16. The van der Waals surface area contributed by atoms with Gasteiger partial charge in [-0.05, 0) is 77.5 Å². The minimum Gasteiger partial charge on any atom is -0.490 e. The summed E-state index contributed by atoms with van der Waals surface area (Å²) in [7, 11) is 0. The highest BCUT2D eigenvalue weighted by Gasteiger charge is 2.20. The van der Waals surface area contributed by atoms with Crippen LogP contribution < -0.4 is 20.3 Å². The standard InChI is InChI=1S/C33H23BrClFN4O5/c1-2-43-26-16-20(29(34)30(35)31(26)44-18-28(41)38-22-13-11-21(36)12-14-22)17-37-40-32(27-15-19-7-3-6-10-25(19)45-27)39-24-9-5-4-8-23(24)33(40)42/h3-17H,2,18H2,1H3,(H,38,41). The van der Waals surface area contributed by atoms with Crippen LogP contribution in [0.4, 0.5) is 10.1 Å². The van der Waals surface area contributed by atoms with E-state index in [1.54, 1.807) is 43.3 Å². The Kier molecular flexibility index (Phi) is 8.63. The van der Waals surface area contributed by atoms with Crippen LogP contribution >= 0.6 is 27.5 Å². The molecule has 2 aromatic heterocycles. The van der Waals surface area contributed by atoms with E-state index in [4.69, 9.17) is 30.5 Å². The van der Waals surface area contributed by atoms with Gasteiger partial charge in [-0.2, -0.15) is 9.78 Å². The van der Waals surface area contributed by atoms with Crippen LogP contribution in [0.1, 0.15) is 12.5 Å². The van der Waals surface area contributed by atoms with Gasteiger partial charge in [0.2, 0.25) is 5.82 Å². The molecule has 6 rings (SSSR count). The second-order valence-electron chi connectivity index (χ2n) is 9.66. The predicted octanol–water partition coefficient (Wildman–Crippen LogP) is 7.66. The number of fused-ring (bicyclic) bond motifs is 2. The molecule has 0 bridgehead atoms. The zero-order chi connectivity index (χ0) is 31.5. The Balaban J connectivity index is 1.35. The summed E-state index contributed by atoms with van der Waals surface area (Å²) >= 11 is 10.2. The van der Waals surface area contributed by atoms with Crippen LogP contribution in [0.5, 0.6) is 11.5 Å². The number of carbonyl (C=O) groups is 1. The molecule has 0 aliphatic carbocycles. The topological polar surface area (TPSA) is 108 Å². The van der Waals surface area contributed by atoms with Gasteiger partial charge in [0.05, 0.1) is 23.7 Å². The van der Waals surface area contributed by atoms with Crippen molar-refractivity contribution in [1.82, 2.24) is 9.66 Å². The number of furan rings is 1. The van der Waals surface area contributed by atoms with Gasteiger partial charge in [0.15, 0.2) is 23.9 Å². The molecule has 1 N–H and O–H groups in total. The molecule has 6 aromatic rings. The Morgan fingerprint density at radius 2 is 1.84 bits per heavy atom. The van der Waals surface area contributed by atoms with Gasteiger partial charge in [0, 0.05) is 21.1 Å². The molecule has 226 valence electrons. The zero-order valence-electron chi connectivity index (χ0n) is 23.6. The van der Waals surface area contributed by atoms with E-state index in [0.29, 0.717) is 38.0 Å². The fourth-order valence-electron chi connectivity index (χ4n) is 4.57. The molecule has 0 saturated heterocycles. The lowest BCUT2D eigenvalue weighted by Crippen LogP contribution is -2.21. The Morgan fingerprint density at radius 1 is 1.09 bits per heavy atom. The molecule has 0 radical (unpaired) electrons. The third kappa shape index (κ3) is 6.31. The van der Waals surface area contributed by atoms with Crippen molar-refractivity contribution >= 4 is 67.2 Å².